The molecule has 0 aliphatic rings. The Balaban J connectivity index is 0.000000240. The van der Waals surface area contributed by atoms with Gasteiger partial charge in [0.1, 0.15) is 0 Å². The van der Waals surface area contributed by atoms with Crippen molar-refractivity contribution in [2.24, 2.45) is 11.7 Å². The zero-order valence-corrected chi connectivity index (χ0v) is 14.9. The maximum atomic E-state index is 11.1. The van der Waals surface area contributed by atoms with Gasteiger partial charge < -0.3 is 0 Å². The Morgan fingerprint density at radius 3 is 1.08 bits per heavy atom. The number of nitrogens with one attached hydrogen (secondary N) is 2. The van der Waals surface area contributed by atoms with Crippen LogP contribution in [0.5, 0.6) is 0 Å². The summed E-state index contributed by atoms with van der Waals surface area (Å²) in [5.74, 6) is 9.68. The van der Waals surface area contributed by atoms with Crippen LogP contribution in [0.3, 0.4) is 0 Å². The van der Waals surface area contributed by atoms with E-state index in [1.807, 2.05) is 13.8 Å². The van der Waals surface area contributed by atoms with Crippen LogP contribution < -0.4 is 21.3 Å². The van der Waals surface area contributed by atoms with Crippen molar-refractivity contribution in [2.45, 2.75) is 23.6 Å². The molecular formula is C14H20N4O4S2. The van der Waals surface area contributed by atoms with Crippen molar-refractivity contribution in [1.29, 1.82) is 0 Å². The Kier molecular flexibility index (Phi) is 7.02. The van der Waals surface area contributed by atoms with Crippen LogP contribution >= 0.6 is 0 Å². The van der Waals surface area contributed by atoms with Crippen molar-refractivity contribution in [2.75, 3.05) is 0 Å². The van der Waals surface area contributed by atoms with Crippen LogP contribution in [0.4, 0.5) is 0 Å². The van der Waals surface area contributed by atoms with E-state index in [4.69, 9.17) is 11.7 Å². The fraction of sp³-hybridized carbons (Fsp3) is 0.143. The van der Waals surface area contributed by atoms with Crippen LogP contribution in [-0.2, 0) is 20.0 Å². The van der Waals surface area contributed by atoms with E-state index >= 15 is 0 Å². The molecule has 8 nitrogen and oxygen atoms in total. The first kappa shape index (κ1) is 20.2. The Hall–Kier alpha value is -1.82. The first-order valence-corrected chi connectivity index (χ1v) is 9.67. The lowest BCUT2D eigenvalue weighted by molar-refractivity contribution is 0.582. The van der Waals surface area contributed by atoms with Gasteiger partial charge in [0.2, 0.25) is 0 Å². The number of hydrogen-bond donors (Lipinski definition) is 4. The summed E-state index contributed by atoms with van der Waals surface area (Å²) in [6.07, 6.45) is 0. The van der Waals surface area contributed by atoms with Gasteiger partial charge in [-0.2, -0.15) is 9.66 Å². The number of rotatable bonds is 4. The second kappa shape index (κ2) is 8.33. The molecule has 0 unspecified atom stereocenters. The number of sulfonamides is 2. The van der Waals surface area contributed by atoms with Crippen LogP contribution in [0, 0.1) is 13.8 Å². The number of benzene rings is 2. The van der Waals surface area contributed by atoms with Gasteiger partial charge in [0.25, 0.3) is 20.0 Å². The average molecular weight is 372 g/mol. The lowest BCUT2D eigenvalue weighted by atomic mass is 10.2. The third-order valence-electron chi connectivity index (χ3n) is 2.97. The van der Waals surface area contributed by atoms with Crippen LogP contribution in [0.25, 0.3) is 0 Å². The topological polar surface area (TPSA) is 144 Å². The molecule has 0 amide bonds. The van der Waals surface area contributed by atoms with Crippen LogP contribution in [0.1, 0.15) is 11.1 Å². The molecule has 0 fully saturated rings. The van der Waals surface area contributed by atoms with Crippen LogP contribution in [0.15, 0.2) is 58.3 Å². The first-order chi connectivity index (χ1) is 11.1. The minimum Gasteiger partial charge on any atom is -0.257 e. The minimum absolute atomic E-state index is 0.176. The Labute approximate surface area is 141 Å². The second-order valence-corrected chi connectivity index (χ2v) is 8.30. The molecule has 132 valence electrons. The van der Waals surface area contributed by atoms with Crippen molar-refractivity contribution >= 4 is 20.0 Å². The molecule has 0 bridgehead atoms. The van der Waals surface area contributed by atoms with Gasteiger partial charge in [0.05, 0.1) is 9.79 Å². The summed E-state index contributed by atoms with van der Waals surface area (Å²) in [4.78, 5) is 3.85. The van der Waals surface area contributed by atoms with Gasteiger partial charge in [0.15, 0.2) is 0 Å². The van der Waals surface area contributed by atoms with Crippen molar-refractivity contribution in [3.05, 3.63) is 59.7 Å². The van der Waals surface area contributed by atoms with E-state index in [0.29, 0.717) is 0 Å². The smallest absolute Gasteiger partial charge is 0.253 e. The molecule has 0 radical (unpaired) electrons. The summed E-state index contributed by atoms with van der Waals surface area (Å²) in [6.45, 7) is 3.76. The second-order valence-electron chi connectivity index (χ2n) is 4.87. The van der Waals surface area contributed by atoms with Gasteiger partial charge >= 0.3 is 0 Å². The lowest BCUT2D eigenvalue weighted by Gasteiger charge is -2.01. The molecule has 2 aromatic carbocycles. The summed E-state index contributed by atoms with van der Waals surface area (Å²) in [5, 5.41) is 0. The van der Waals surface area contributed by atoms with Crippen molar-refractivity contribution in [1.82, 2.24) is 9.66 Å². The van der Waals surface area contributed by atoms with E-state index in [1.165, 1.54) is 24.3 Å². The van der Waals surface area contributed by atoms with E-state index in [9.17, 15) is 16.8 Å². The highest BCUT2D eigenvalue weighted by atomic mass is 32.2. The molecule has 24 heavy (non-hydrogen) atoms. The van der Waals surface area contributed by atoms with E-state index in [-0.39, 0.29) is 9.79 Å². The van der Waals surface area contributed by atoms with Crippen LogP contribution in [-0.4, -0.2) is 16.8 Å². The molecular weight excluding hydrogens is 352 g/mol. The maximum Gasteiger partial charge on any atom is 0.253 e. The molecule has 2 rings (SSSR count). The van der Waals surface area contributed by atoms with Crippen molar-refractivity contribution < 1.29 is 16.8 Å². The fourth-order valence-electron chi connectivity index (χ4n) is 1.57. The third kappa shape index (κ3) is 5.67. The molecule has 0 saturated carbocycles. The molecule has 2 aromatic rings. The maximum absolute atomic E-state index is 11.1. The standard InChI is InChI=1S/2C7H10N2O2S/c2*1-6-2-4-7(5-3-6)12(10,11)9-8/h2*2-5,9H,8H2,1H3. The summed E-state index contributed by atoms with van der Waals surface area (Å²) >= 11 is 0. The van der Waals surface area contributed by atoms with Gasteiger partial charge in [0, 0.05) is 0 Å². The average Bonchev–Trinajstić information content (AvgIpc) is 2.56. The number of hydrazine groups is 2. The van der Waals surface area contributed by atoms with Gasteiger partial charge in [-0.15, -0.1) is 0 Å². The highest BCUT2D eigenvalue weighted by Crippen LogP contribution is 2.09. The number of hydrogen-bond acceptors (Lipinski definition) is 6. The predicted octanol–water partition coefficient (Wildman–Crippen LogP) is 0.294. The molecule has 10 heteroatoms. The zero-order valence-electron chi connectivity index (χ0n) is 13.2. The zero-order chi connectivity index (χ0) is 18.4. The Bertz CT molecular complexity index is 786. The molecule has 0 aliphatic carbocycles. The fourth-order valence-corrected chi connectivity index (χ4v) is 2.83. The summed E-state index contributed by atoms with van der Waals surface area (Å²) in [6, 6.07) is 12.9. The van der Waals surface area contributed by atoms with Gasteiger partial charge in [-0.3, -0.25) is 11.7 Å². The molecule has 0 aromatic heterocycles. The molecule has 0 spiro atoms. The quantitative estimate of drug-likeness (QED) is 0.448. The highest BCUT2D eigenvalue weighted by molar-refractivity contribution is 7.89. The summed E-state index contributed by atoms with van der Waals surface area (Å²) in [5.41, 5.74) is 2.01. The molecule has 0 atom stereocenters. The van der Waals surface area contributed by atoms with E-state index in [2.05, 4.69) is 0 Å². The number of nitrogens with two attached hydrogens (primary N) is 2. The first-order valence-electron chi connectivity index (χ1n) is 6.70. The van der Waals surface area contributed by atoms with Crippen molar-refractivity contribution in [3.63, 3.8) is 0 Å². The van der Waals surface area contributed by atoms with Gasteiger partial charge in [-0.05, 0) is 38.1 Å². The minimum atomic E-state index is -3.49. The van der Waals surface area contributed by atoms with E-state index in [1.54, 1.807) is 33.9 Å². The Morgan fingerprint density at radius 1 is 0.625 bits per heavy atom. The summed E-state index contributed by atoms with van der Waals surface area (Å²) in [7, 11) is -6.97. The van der Waals surface area contributed by atoms with E-state index < -0.39 is 20.0 Å². The number of aryl methyl sites for hydroxylation is 2. The summed E-state index contributed by atoms with van der Waals surface area (Å²) < 4.78 is 44.3. The molecule has 0 heterocycles. The molecule has 6 N–H and O–H groups in total. The lowest BCUT2D eigenvalue weighted by Crippen LogP contribution is -2.30. The largest absolute Gasteiger partial charge is 0.257 e. The van der Waals surface area contributed by atoms with Crippen molar-refractivity contribution in [3.8, 4) is 0 Å². The van der Waals surface area contributed by atoms with Gasteiger partial charge in [-0.25, -0.2) is 16.8 Å². The third-order valence-corrected chi connectivity index (χ3v) is 5.38. The molecule has 0 saturated heterocycles. The Morgan fingerprint density at radius 2 is 0.875 bits per heavy atom. The highest BCUT2D eigenvalue weighted by Gasteiger charge is 2.10. The predicted molar refractivity (Wildman–Crippen MR) is 91.4 cm³/mol. The molecule has 0 aliphatic heterocycles. The normalized spacial score (nSPS) is 11.5. The van der Waals surface area contributed by atoms with Gasteiger partial charge in [-0.1, -0.05) is 35.4 Å². The monoisotopic (exact) mass is 372 g/mol. The van der Waals surface area contributed by atoms with E-state index in [0.717, 1.165) is 11.1 Å². The SMILES string of the molecule is Cc1ccc(S(=O)(=O)NN)cc1.Cc1ccc(S(=O)(=O)NN)cc1. The van der Waals surface area contributed by atoms with Crippen LogP contribution in [0.2, 0.25) is 0 Å².